The third kappa shape index (κ3) is 13.2. The molecule has 0 radical (unpaired) electrons. The molecular weight excluding hydrogens is 228 g/mol. The zero-order chi connectivity index (χ0) is 13.5. The zero-order valence-corrected chi connectivity index (χ0v) is 11.8. The van der Waals surface area contributed by atoms with Crippen LogP contribution in [-0.4, -0.2) is 25.8 Å². The summed E-state index contributed by atoms with van der Waals surface area (Å²) in [5.41, 5.74) is 0. The quantitative estimate of drug-likeness (QED) is 0.285. The minimum Gasteiger partial charge on any atom is -0.463 e. The molecule has 0 heterocycles. The lowest BCUT2D eigenvalue weighted by atomic mass is 10.2. The lowest BCUT2D eigenvalue weighted by Gasteiger charge is -2.04. The molecule has 0 bridgehead atoms. The van der Waals surface area contributed by atoms with E-state index >= 15 is 0 Å². The van der Waals surface area contributed by atoms with Gasteiger partial charge in [-0.3, -0.25) is 0 Å². The average Bonchev–Trinajstić information content (AvgIpc) is 2.39. The van der Waals surface area contributed by atoms with Crippen molar-refractivity contribution in [2.45, 2.75) is 58.3 Å². The van der Waals surface area contributed by atoms with Gasteiger partial charge in [-0.1, -0.05) is 39.2 Å². The van der Waals surface area contributed by atoms with Crippen LogP contribution in [0.5, 0.6) is 0 Å². The zero-order valence-electron chi connectivity index (χ0n) is 11.8. The second kappa shape index (κ2) is 14.2. The average molecular weight is 256 g/mol. The molecule has 0 aliphatic carbocycles. The van der Waals surface area contributed by atoms with Crippen molar-refractivity contribution in [2.24, 2.45) is 0 Å². The normalized spacial score (nSPS) is 10.3. The van der Waals surface area contributed by atoms with Gasteiger partial charge >= 0.3 is 5.97 Å². The molecule has 0 saturated heterocycles. The fraction of sp³-hybridized carbons (Fsp3) is 0.800. The highest BCUT2D eigenvalue weighted by molar-refractivity contribution is 5.81. The fourth-order valence-electron chi connectivity index (χ4n) is 1.62. The highest BCUT2D eigenvalue weighted by atomic mass is 16.5. The smallest absolute Gasteiger partial charge is 0.330 e. The molecule has 18 heavy (non-hydrogen) atoms. The van der Waals surface area contributed by atoms with Crippen LogP contribution in [0.2, 0.25) is 0 Å². The topological polar surface area (TPSA) is 35.5 Å². The maximum atomic E-state index is 10.7. The molecule has 0 saturated carbocycles. The van der Waals surface area contributed by atoms with Gasteiger partial charge in [0.05, 0.1) is 6.61 Å². The summed E-state index contributed by atoms with van der Waals surface area (Å²) in [6, 6.07) is 0. The third-order valence-electron chi connectivity index (χ3n) is 2.74. The number of hydrogen-bond donors (Lipinski definition) is 0. The standard InChI is InChI=1S/C15H28O3/c1-3-5-6-9-12-17-13-10-7-8-11-14-18-15(16)4-2/h4H,2-3,5-14H2,1H3. The van der Waals surface area contributed by atoms with E-state index in [0.29, 0.717) is 6.61 Å². The van der Waals surface area contributed by atoms with Crippen molar-refractivity contribution in [1.82, 2.24) is 0 Å². The van der Waals surface area contributed by atoms with Gasteiger partial charge in [0, 0.05) is 19.3 Å². The van der Waals surface area contributed by atoms with Gasteiger partial charge in [0.15, 0.2) is 0 Å². The Morgan fingerprint density at radius 2 is 1.50 bits per heavy atom. The summed E-state index contributed by atoms with van der Waals surface area (Å²) in [4.78, 5) is 10.7. The van der Waals surface area contributed by atoms with Gasteiger partial charge in [0.25, 0.3) is 0 Å². The van der Waals surface area contributed by atoms with Crippen molar-refractivity contribution in [3.8, 4) is 0 Å². The van der Waals surface area contributed by atoms with Gasteiger partial charge in [-0.2, -0.15) is 0 Å². The molecule has 0 amide bonds. The Hall–Kier alpha value is -0.830. The predicted octanol–water partition coefficient (Wildman–Crippen LogP) is 3.87. The maximum absolute atomic E-state index is 10.7. The monoisotopic (exact) mass is 256 g/mol. The summed E-state index contributed by atoms with van der Waals surface area (Å²) < 4.78 is 10.4. The van der Waals surface area contributed by atoms with E-state index in [1.165, 1.54) is 31.8 Å². The predicted molar refractivity (Wildman–Crippen MR) is 74.6 cm³/mol. The largest absolute Gasteiger partial charge is 0.463 e. The first-order valence-corrected chi connectivity index (χ1v) is 7.18. The van der Waals surface area contributed by atoms with E-state index in [0.717, 1.165) is 38.9 Å². The molecule has 0 aromatic rings. The molecule has 0 atom stereocenters. The summed E-state index contributed by atoms with van der Waals surface area (Å²) in [5.74, 6) is -0.328. The molecule has 0 unspecified atom stereocenters. The molecule has 0 aliphatic heterocycles. The molecule has 106 valence electrons. The van der Waals surface area contributed by atoms with E-state index in [9.17, 15) is 4.79 Å². The van der Waals surface area contributed by atoms with E-state index in [2.05, 4.69) is 13.5 Å². The summed E-state index contributed by atoms with van der Waals surface area (Å²) in [6.07, 6.45) is 10.5. The van der Waals surface area contributed by atoms with Crippen LogP contribution >= 0.6 is 0 Å². The number of unbranched alkanes of at least 4 members (excludes halogenated alkanes) is 6. The minimum atomic E-state index is -0.328. The van der Waals surface area contributed by atoms with Crippen LogP contribution in [0.4, 0.5) is 0 Å². The molecule has 0 aromatic carbocycles. The number of rotatable bonds is 13. The second-order valence-corrected chi connectivity index (χ2v) is 4.46. The Morgan fingerprint density at radius 3 is 2.06 bits per heavy atom. The Morgan fingerprint density at radius 1 is 0.944 bits per heavy atom. The van der Waals surface area contributed by atoms with Gasteiger partial charge in [-0.05, 0) is 25.7 Å². The summed E-state index contributed by atoms with van der Waals surface area (Å²) in [7, 11) is 0. The SMILES string of the molecule is C=CC(=O)OCCCCCCOCCCCCC. The minimum absolute atomic E-state index is 0.328. The molecule has 3 nitrogen and oxygen atoms in total. The molecule has 3 heteroatoms. The van der Waals surface area contributed by atoms with Crippen LogP contribution in [-0.2, 0) is 14.3 Å². The Labute approximate surface area is 112 Å². The van der Waals surface area contributed by atoms with Gasteiger partial charge in [-0.15, -0.1) is 0 Å². The van der Waals surface area contributed by atoms with Crippen LogP contribution in [0.3, 0.4) is 0 Å². The van der Waals surface area contributed by atoms with Gasteiger partial charge < -0.3 is 9.47 Å². The highest BCUT2D eigenvalue weighted by Crippen LogP contribution is 2.02. The maximum Gasteiger partial charge on any atom is 0.330 e. The van der Waals surface area contributed by atoms with E-state index in [4.69, 9.17) is 9.47 Å². The lowest BCUT2D eigenvalue weighted by molar-refractivity contribution is -0.137. The van der Waals surface area contributed by atoms with Crippen molar-refractivity contribution in [2.75, 3.05) is 19.8 Å². The van der Waals surface area contributed by atoms with Crippen LogP contribution in [0.1, 0.15) is 58.3 Å². The van der Waals surface area contributed by atoms with Crippen LogP contribution in [0.15, 0.2) is 12.7 Å². The molecule has 0 N–H and O–H groups in total. The molecule has 0 spiro atoms. The Balaban J connectivity index is 2.98. The summed E-state index contributed by atoms with van der Waals surface area (Å²) in [6.45, 7) is 7.82. The van der Waals surface area contributed by atoms with Gasteiger partial charge in [0.2, 0.25) is 0 Å². The van der Waals surface area contributed by atoms with Crippen molar-refractivity contribution in [3.05, 3.63) is 12.7 Å². The number of esters is 1. The number of carbonyl (C=O) groups excluding carboxylic acids is 1. The first-order chi connectivity index (χ1) is 8.81. The molecule has 0 aromatic heterocycles. The number of hydrogen-bond acceptors (Lipinski definition) is 3. The molecule has 0 rings (SSSR count). The van der Waals surface area contributed by atoms with Crippen molar-refractivity contribution in [3.63, 3.8) is 0 Å². The van der Waals surface area contributed by atoms with E-state index in [1.807, 2.05) is 0 Å². The second-order valence-electron chi connectivity index (χ2n) is 4.46. The lowest BCUT2D eigenvalue weighted by Crippen LogP contribution is -2.02. The highest BCUT2D eigenvalue weighted by Gasteiger charge is 1.95. The number of carbonyl (C=O) groups is 1. The third-order valence-corrected chi connectivity index (χ3v) is 2.74. The molecule has 0 aliphatic rings. The summed E-state index contributed by atoms with van der Waals surface area (Å²) >= 11 is 0. The van der Waals surface area contributed by atoms with Gasteiger partial charge in [-0.25, -0.2) is 4.79 Å². The van der Waals surface area contributed by atoms with E-state index in [1.54, 1.807) is 0 Å². The van der Waals surface area contributed by atoms with Crippen LogP contribution in [0, 0.1) is 0 Å². The number of ether oxygens (including phenoxy) is 2. The Bertz CT molecular complexity index is 202. The Kier molecular flexibility index (Phi) is 13.6. The first kappa shape index (κ1) is 17.2. The molecular formula is C15H28O3. The van der Waals surface area contributed by atoms with Crippen molar-refractivity contribution >= 4 is 5.97 Å². The van der Waals surface area contributed by atoms with Crippen LogP contribution < -0.4 is 0 Å². The van der Waals surface area contributed by atoms with Gasteiger partial charge in [0.1, 0.15) is 0 Å². The van der Waals surface area contributed by atoms with E-state index in [-0.39, 0.29) is 5.97 Å². The first-order valence-electron chi connectivity index (χ1n) is 7.18. The van der Waals surface area contributed by atoms with Crippen LogP contribution in [0.25, 0.3) is 0 Å². The van der Waals surface area contributed by atoms with E-state index < -0.39 is 0 Å². The van der Waals surface area contributed by atoms with Crippen molar-refractivity contribution in [1.29, 1.82) is 0 Å². The fourth-order valence-corrected chi connectivity index (χ4v) is 1.62. The summed E-state index contributed by atoms with van der Waals surface area (Å²) in [5, 5.41) is 0. The molecule has 0 fully saturated rings. The van der Waals surface area contributed by atoms with Crippen molar-refractivity contribution < 1.29 is 14.3 Å².